The zero-order valence-electron chi connectivity index (χ0n) is 23.4. The van der Waals surface area contributed by atoms with Gasteiger partial charge in [0.15, 0.2) is 11.5 Å². The second kappa shape index (κ2) is 11.5. The molecule has 6 rings (SSSR count). The van der Waals surface area contributed by atoms with E-state index in [1.807, 2.05) is 28.8 Å². The van der Waals surface area contributed by atoms with Gasteiger partial charge in [0, 0.05) is 30.6 Å². The minimum absolute atomic E-state index is 0.0352. The first kappa shape index (κ1) is 26.7. The Balaban J connectivity index is 1.28. The SMILES string of the molecule is CCOC(=O)CCC(=O)c1nc2ccccc2n([C@@H]2CC3CCC[C@H](C2)N3C2CC3CCCCC(C3)C2)c1=O. The molecule has 1 aromatic carbocycles. The summed E-state index contributed by atoms with van der Waals surface area (Å²) in [7, 11) is 0. The minimum atomic E-state index is -0.422. The highest BCUT2D eigenvalue weighted by Crippen LogP contribution is 2.47. The van der Waals surface area contributed by atoms with Crippen LogP contribution in [-0.4, -0.2) is 50.9 Å². The van der Waals surface area contributed by atoms with Gasteiger partial charge in [0.1, 0.15) is 0 Å². The van der Waals surface area contributed by atoms with Crippen molar-refractivity contribution in [3.05, 3.63) is 40.3 Å². The molecule has 0 amide bonds. The Morgan fingerprint density at radius 2 is 1.54 bits per heavy atom. The lowest BCUT2D eigenvalue weighted by Crippen LogP contribution is -2.58. The summed E-state index contributed by atoms with van der Waals surface area (Å²) in [6, 6.07) is 9.42. The number of piperidine rings is 2. The van der Waals surface area contributed by atoms with Crippen LogP contribution in [0.3, 0.4) is 0 Å². The number of nitrogens with zero attached hydrogens (tertiary/aromatic N) is 3. The van der Waals surface area contributed by atoms with Crippen molar-refractivity contribution >= 4 is 22.8 Å². The molecular weight excluding hydrogens is 490 g/mol. The van der Waals surface area contributed by atoms with Crippen molar-refractivity contribution in [2.75, 3.05) is 6.61 Å². The Labute approximate surface area is 231 Å². The van der Waals surface area contributed by atoms with E-state index in [0.717, 1.165) is 30.2 Å². The fourth-order valence-corrected chi connectivity index (χ4v) is 8.57. The van der Waals surface area contributed by atoms with E-state index in [4.69, 9.17) is 4.74 Å². The fourth-order valence-electron chi connectivity index (χ4n) is 8.57. The highest BCUT2D eigenvalue weighted by Gasteiger charge is 2.45. The van der Waals surface area contributed by atoms with Gasteiger partial charge >= 0.3 is 5.97 Å². The van der Waals surface area contributed by atoms with Crippen molar-refractivity contribution < 1.29 is 14.3 Å². The smallest absolute Gasteiger partial charge is 0.306 e. The van der Waals surface area contributed by atoms with Crippen LogP contribution in [0.5, 0.6) is 0 Å². The Morgan fingerprint density at radius 3 is 2.23 bits per heavy atom. The molecule has 4 bridgehead atoms. The largest absolute Gasteiger partial charge is 0.466 e. The maximum absolute atomic E-state index is 13.9. The van der Waals surface area contributed by atoms with Crippen LogP contribution >= 0.6 is 0 Å². The number of aromatic nitrogens is 2. The van der Waals surface area contributed by atoms with E-state index in [0.29, 0.717) is 23.6 Å². The molecule has 2 saturated carbocycles. The second-order valence-corrected chi connectivity index (χ2v) is 12.5. The van der Waals surface area contributed by atoms with E-state index in [1.165, 1.54) is 64.2 Å². The number of benzene rings is 1. The average Bonchev–Trinajstić information content (AvgIpc) is 3.10. The lowest BCUT2D eigenvalue weighted by atomic mass is 9.73. The number of para-hydroxylation sites is 2. The third kappa shape index (κ3) is 5.44. The Bertz CT molecular complexity index is 1240. The molecule has 3 heterocycles. The van der Waals surface area contributed by atoms with Gasteiger partial charge < -0.3 is 9.30 Å². The molecule has 0 radical (unpaired) electrons. The molecule has 2 aromatic rings. The summed E-state index contributed by atoms with van der Waals surface area (Å²) in [4.78, 5) is 46.3. The highest BCUT2D eigenvalue weighted by atomic mass is 16.5. The molecule has 3 unspecified atom stereocenters. The first-order valence-electron chi connectivity index (χ1n) is 15.5. The number of ether oxygens (including phenoxy) is 1. The molecule has 39 heavy (non-hydrogen) atoms. The zero-order chi connectivity index (χ0) is 26.9. The summed E-state index contributed by atoms with van der Waals surface area (Å²) in [6.45, 7) is 2.02. The van der Waals surface area contributed by atoms with Crippen LogP contribution in [0.25, 0.3) is 11.0 Å². The van der Waals surface area contributed by atoms with E-state index in [9.17, 15) is 14.4 Å². The molecule has 2 saturated heterocycles. The average molecular weight is 534 g/mol. The van der Waals surface area contributed by atoms with Crippen LogP contribution in [0, 0.1) is 11.8 Å². The van der Waals surface area contributed by atoms with Gasteiger partial charge in [0.05, 0.1) is 24.1 Å². The van der Waals surface area contributed by atoms with Crippen LogP contribution in [-0.2, 0) is 9.53 Å². The third-order valence-electron chi connectivity index (χ3n) is 10.1. The van der Waals surface area contributed by atoms with Gasteiger partial charge in [0.2, 0.25) is 0 Å². The maximum atomic E-state index is 13.9. The first-order chi connectivity index (χ1) is 19.0. The number of esters is 1. The van der Waals surface area contributed by atoms with Crippen LogP contribution in [0.2, 0.25) is 0 Å². The van der Waals surface area contributed by atoms with E-state index in [-0.39, 0.29) is 42.5 Å². The summed E-state index contributed by atoms with van der Waals surface area (Å²) in [6.07, 6.45) is 15.2. The standard InChI is InChI=1S/C32H43N3O4/c1-2-39-30(37)15-14-29(36)31-32(38)35(28-13-6-5-12-27(28)33-31)26-19-23-10-7-11-24(20-26)34(23)25-17-21-8-3-4-9-22(16-21)18-25/h5-6,12-13,21-26H,2-4,7-11,14-20H2,1H3/t21?,22?,23-,24?,25?,26+/m1/s1. The summed E-state index contributed by atoms with van der Waals surface area (Å²) in [5.74, 6) is 0.985. The van der Waals surface area contributed by atoms with Gasteiger partial charge in [-0.3, -0.25) is 19.3 Å². The Morgan fingerprint density at radius 1 is 0.846 bits per heavy atom. The van der Waals surface area contributed by atoms with E-state index in [2.05, 4.69) is 9.88 Å². The Hall–Kier alpha value is -2.54. The number of hydrogen-bond donors (Lipinski definition) is 0. The van der Waals surface area contributed by atoms with E-state index < -0.39 is 5.97 Å². The third-order valence-corrected chi connectivity index (χ3v) is 10.1. The van der Waals surface area contributed by atoms with Crippen molar-refractivity contribution in [3.63, 3.8) is 0 Å². The number of hydrogen-bond acceptors (Lipinski definition) is 6. The molecule has 2 aliphatic heterocycles. The lowest BCUT2D eigenvalue weighted by molar-refractivity contribution is -0.143. The quantitative estimate of drug-likeness (QED) is 0.329. The Kier molecular flexibility index (Phi) is 7.88. The van der Waals surface area contributed by atoms with Crippen molar-refractivity contribution in [1.82, 2.24) is 14.5 Å². The topological polar surface area (TPSA) is 81.5 Å². The van der Waals surface area contributed by atoms with Crippen LogP contribution in [0.1, 0.15) is 113 Å². The number of rotatable bonds is 7. The van der Waals surface area contributed by atoms with Gasteiger partial charge in [-0.2, -0.15) is 0 Å². The number of ketones is 1. The summed E-state index contributed by atoms with van der Waals surface area (Å²) in [5.41, 5.74) is 1.13. The normalized spacial score (nSPS) is 31.0. The summed E-state index contributed by atoms with van der Waals surface area (Å²) >= 11 is 0. The monoisotopic (exact) mass is 533 g/mol. The van der Waals surface area contributed by atoms with Crippen LogP contribution in [0.15, 0.2) is 29.1 Å². The second-order valence-electron chi connectivity index (χ2n) is 12.5. The molecule has 4 aliphatic rings. The van der Waals surface area contributed by atoms with Crippen molar-refractivity contribution in [1.29, 1.82) is 0 Å². The molecule has 7 nitrogen and oxygen atoms in total. The predicted octanol–water partition coefficient (Wildman–Crippen LogP) is 5.84. The van der Waals surface area contributed by atoms with Crippen molar-refractivity contribution in [2.45, 2.75) is 121 Å². The van der Waals surface area contributed by atoms with Crippen molar-refractivity contribution in [2.24, 2.45) is 11.8 Å². The predicted molar refractivity (Wildman–Crippen MR) is 151 cm³/mol. The van der Waals surface area contributed by atoms with E-state index >= 15 is 0 Å². The van der Waals surface area contributed by atoms with Gasteiger partial charge in [-0.25, -0.2) is 4.98 Å². The lowest BCUT2D eigenvalue weighted by Gasteiger charge is -2.54. The van der Waals surface area contributed by atoms with Gasteiger partial charge in [0.25, 0.3) is 5.56 Å². The molecule has 210 valence electrons. The van der Waals surface area contributed by atoms with E-state index in [1.54, 1.807) is 6.92 Å². The van der Waals surface area contributed by atoms with Gasteiger partial charge in [-0.15, -0.1) is 0 Å². The molecule has 0 spiro atoms. The molecule has 4 fully saturated rings. The number of carbonyl (C=O) groups is 2. The summed E-state index contributed by atoms with van der Waals surface area (Å²) in [5, 5.41) is 0. The molecule has 1 aromatic heterocycles. The van der Waals surface area contributed by atoms with Gasteiger partial charge in [-0.1, -0.05) is 44.2 Å². The van der Waals surface area contributed by atoms with Crippen LogP contribution < -0.4 is 5.56 Å². The molecule has 0 N–H and O–H groups in total. The fraction of sp³-hybridized carbons (Fsp3) is 0.688. The number of fused-ring (bicyclic) bond motifs is 5. The first-order valence-corrected chi connectivity index (χ1v) is 15.5. The molecule has 5 atom stereocenters. The van der Waals surface area contributed by atoms with Crippen molar-refractivity contribution in [3.8, 4) is 0 Å². The molecule has 2 aliphatic carbocycles. The highest BCUT2D eigenvalue weighted by molar-refractivity contribution is 5.97. The van der Waals surface area contributed by atoms with Gasteiger partial charge in [-0.05, 0) is 75.8 Å². The number of carbonyl (C=O) groups excluding carboxylic acids is 2. The zero-order valence-corrected chi connectivity index (χ0v) is 23.4. The minimum Gasteiger partial charge on any atom is -0.466 e. The van der Waals surface area contributed by atoms with Crippen LogP contribution in [0.4, 0.5) is 0 Å². The number of Topliss-reactive ketones (excluding diaryl/α,β-unsaturated/α-hetero) is 1. The molecular formula is C32H43N3O4. The summed E-state index contributed by atoms with van der Waals surface area (Å²) < 4.78 is 6.87. The maximum Gasteiger partial charge on any atom is 0.306 e. The molecule has 7 heteroatoms.